The van der Waals surface area contributed by atoms with Crippen molar-refractivity contribution in [2.24, 2.45) is 0 Å². The molecule has 0 saturated carbocycles. The Hall–Kier alpha value is -0.820. The molecule has 5 nitrogen and oxygen atoms in total. The van der Waals surface area contributed by atoms with Crippen molar-refractivity contribution in [3.05, 3.63) is 23.2 Å². The number of hydrogen-bond donors (Lipinski definition) is 3. The van der Waals surface area contributed by atoms with Crippen molar-refractivity contribution in [1.29, 1.82) is 0 Å². The van der Waals surface area contributed by atoms with Gasteiger partial charge >= 0.3 is 0 Å². The van der Waals surface area contributed by atoms with Gasteiger partial charge in [0, 0.05) is 11.1 Å². The second kappa shape index (κ2) is 5.88. The first kappa shape index (κ1) is 15.2. The maximum atomic E-state index is 12.1. The molecule has 0 aromatic heterocycles. The molecule has 0 spiro atoms. The molecular weight excluding hydrogens is 276 g/mol. The van der Waals surface area contributed by atoms with E-state index in [-0.39, 0.29) is 10.6 Å². The van der Waals surface area contributed by atoms with E-state index in [0.717, 1.165) is 0 Å². The number of benzene rings is 1. The first-order valence-corrected chi connectivity index (χ1v) is 7.34. The lowest BCUT2D eigenvalue weighted by atomic mass is 10.2. The van der Waals surface area contributed by atoms with Gasteiger partial charge in [-0.2, -0.15) is 0 Å². The average Bonchev–Trinajstić information content (AvgIpc) is 2.19. The molecule has 0 bridgehead atoms. The van der Waals surface area contributed by atoms with Crippen molar-refractivity contribution in [3.8, 4) is 0 Å². The van der Waals surface area contributed by atoms with Crippen LogP contribution < -0.4 is 10.5 Å². The Balaban J connectivity index is 2.96. The molecule has 0 amide bonds. The second-order valence-corrected chi connectivity index (χ2v) is 6.41. The van der Waals surface area contributed by atoms with Gasteiger partial charge in [-0.1, -0.05) is 11.6 Å². The van der Waals surface area contributed by atoms with E-state index < -0.39 is 22.2 Å². The fourth-order valence-electron chi connectivity index (χ4n) is 1.63. The quantitative estimate of drug-likeness (QED) is 0.715. The molecule has 2 unspecified atom stereocenters. The van der Waals surface area contributed by atoms with Crippen molar-refractivity contribution in [2.75, 3.05) is 5.73 Å². The molecule has 102 valence electrons. The molecule has 0 heterocycles. The summed E-state index contributed by atoms with van der Waals surface area (Å²) in [6, 6.07) is 3.87. The molecule has 0 aliphatic rings. The van der Waals surface area contributed by atoms with Crippen LogP contribution in [0.1, 0.15) is 20.3 Å². The van der Waals surface area contributed by atoms with Crippen molar-refractivity contribution in [1.82, 2.24) is 4.72 Å². The predicted molar refractivity (Wildman–Crippen MR) is 71.9 cm³/mol. The van der Waals surface area contributed by atoms with Gasteiger partial charge < -0.3 is 10.8 Å². The van der Waals surface area contributed by atoms with Crippen LogP contribution in [0, 0.1) is 0 Å². The minimum Gasteiger partial charge on any atom is -0.398 e. The van der Waals surface area contributed by atoms with E-state index in [4.69, 9.17) is 17.3 Å². The summed E-state index contributed by atoms with van der Waals surface area (Å²) in [4.78, 5) is -0.0487. The monoisotopic (exact) mass is 292 g/mol. The lowest BCUT2D eigenvalue weighted by Gasteiger charge is -2.16. The number of nitrogen functional groups attached to an aromatic ring is 1. The first-order valence-electron chi connectivity index (χ1n) is 5.48. The zero-order valence-electron chi connectivity index (χ0n) is 10.2. The summed E-state index contributed by atoms with van der Waals surface area (Å²) in [5, 5.41) is 9.51. The van der Waals surface area contributed by atoms with Gasteiger partial charge in [0.15, 0.2) is 0 Å². The molecule has 0 radical (unpaired) electrons. The highest BCUT2D eigenvalue weighted by molar-refractivity contribution is 7.89. The summed E-state index contributed by atoms with van der Waals surface area (Å²) in [5.41, 5.74) is 5.76. The van der Waals surface area contributed by atoms with Crippen molar-refractivity contribution in [2.45, 2.75) is 37.3 Å². The Bertz CT molecular complexity index is 517. The zero-order valence-corrected chi connectivity index (χ0v) is 11.8. The van der Waals surface area contributed by atoms with Gasteiger partial charge in [-0.05, 0) is 38.5 Å². The smallest absolute Gasteiger partial charge is 0.242 e. The highest BCUT2D eigenvalue weighted by Crippen LogP contribution is 2.22. The second-order valence-electron chi connectivity index (χ2n) is 4.29. The van der Waals surface area contributed by atoms with Gasteiger partial charge in [0.2, 0.25) is 10.0 Å². The number of hydrogen-bond acceptors (Lipinski definition) is 4. The topological polar surface area (TPSA) is 92.4 Å². The number of sulfonamides is 1. The summed E-state index contributed by atoms with van der Waals surface area (Å²) in [5.74, 6) is 0. The number of nitrogens with one attached hydrogen (secondary N) is 1. The van der Waals surface area contributed by atoms with Crippen molar-refractivity contribution < 1.29 is 13.5 Å². The number of aliphatic hydroxyl groups excluding tert-OH is 1. The van der Waals surface area contributed by atoms with Crippen LogP contribution in [0.25, 0.3) is 0 Å². The molecule has 0 saturated heterocycles. The Morgan fingerprint density at radius 3 is 2.61 bits per heavy atom. The third kappa shape index (κ3) is 4.13. The van der Waals surface area contributed by atoms with Crippen molar-refractivity contribution >= 4 is 27.3 Å². The van der Waals surface area contributed by atoms with Crippen LogP contribution in [0.2, 0.25) is 5.02 Å². The maximum absolute atomic E-state index is 12.1. The molecule has 0 aliphatic carbocycles. The van der Waals surface area contributed by atoms with E-state index in [1.165, 1.54) is 18.2 Å². The highest BCUT2D eigenvalue weighted by atomic mass is 35.5. The Labute approximate surface area is 112 Å². The molecule has 2 atom stereocenters. The summed E-state index contributed by atoms with van der Waals surface area (Å²) in [6.45, 7) is 3.27. The van der Waals surface area contributed by atoms with Gasteiger partial charge in [-0.3, -0.25) is 0 Å². The van der Waals surface area contributed by atoms with Gasteiger partial charge in [0.25, 0.3) is 0 Å². The molecule has 7 heteroatoms. The summed E-state index contributed by atoms with van der Waals surface area (Å²) in [6.07, 6.45) is -0.265. The molecule has 18 heavy (non-hydrogen) atoms. The van der Waals surface area contributed by atoms with Crippen molar-refractivity contribution in [3.63, 3.8) is 0 Å². The van der Waals surface area contributed by atoms with Gasteiger partial charge in [-0.25, -0.2) is 13.1 Å². The summed E-state index contributed by atoms with van der Waals surface area (Å²) >= 11 is 5.76. The van der Waals surface area contributed by atoms with Gasteiger partial charge in [0.1, 0.15) is 4.90 Å². The van der Waals surface area contributed by atoms with Crippen LogP contribution in [-0.4, -0.2) is 25.7 Å². The minimum absolute atomic E-state index is 0.0487. The largest absolute Gasteiger partial charge is 0.398 e. The van der Waals surface area contributed by atoms with E-state index in [9.17, 15) is 13.5 Å². The number of nitrogens with two attached hydrogens (primary N) is 1. The van der Waals surface area contributed by atoms with Crippen LogP contribution in [-0.2, 0) is 10.0 Å². The van der Waals surface area contributed by atoms with Gasteiger partial charge in [0.05, 0.1) is 11.8 Å². The van der Waals surface area contributed by atoms with Gasteiger partial charge in [-0.15, -0.1) is 0 Å². The molecular formula is C11H17ClN2O3S. The fourth-order valence-corrected chi connectivity index (χ4v) is 3.28. The van der Waals surface area contributed by atoms with E-state index in [2.05, 4.69) is 4.72 Å². The predicted octanol–water partition coefficient (Wildman–Crippen LogP) is 1.36. The Kier molecular flexibility index (Phi) is 4.98. The number of anilines is 1. The van der Waals surface area contributed by atoms with Crippen LogP contribution in [0.3, 0.4) is 0 Å². The molecule has 4 N–H and O–H groups in total. The van der Waals surface area contributed by atoms with Crippen LogP contribution in [0.4, 0.5) is 5.69 Å². The molecule has 0 fully saturated rings. The van der Waals surface area contributed by atoms with E-state index in [0.29, 0.717) is 11.4 Å². The maximum Gasteiger partial charge on any atom is 0.242 e. The number of aliphatic hydroxyl groups is 1. The molecule has 1 aromatic carbocycles. The Morgan fingerprint density at radius 2 is 2.06 bits per heavy atom. The summed E-state index contributed by atoms with van der Waals surface area (Å²) < 4.78 is 26.6. The average molecular weight is 293 g/mol. The third-order valence-corrected chi connectivity index (χ3v) is 4.20. The first-order chi connectivity index (χ1) is 8.22. The Morgan fingerprint density at radius 1 is 1.44 bits per heavy atom. The number of halogens is 1. The standard InChI is InChI=1S/C11H17ClN2O3S/c1-7(5-8(2)15)14-18(16,17)11-6-9(12)3-4-10(11)13/h3-4,6-8,14-15H,5,13H2,1-2H3. The molecule has 0 aliphatic heterocycles. The third-order valence-electron chi connectivity index (χ3n) is 2.32. The SMILES string of the molecule is CC(O)CC(C)NS(=O)(=O)c1cc(Cl)ccc1N. The molecule has 1 aromatic rings. The lowest BCUT2D eigenvalue weighted by molar-refractivity contribution is 0.175. The lowest BCUT2D eigenvalue weighted by Crippen LogP contribution is -2.35. The normalized spacial score (nSPS) is 15.3. The van der Waals surface area contributed by atoms with E-state index in [1.807, 2.05) is 0 Å². The molecule has 1 rings (SSSR count). The van der Waals surface area contributed by atoms with Crippen LogP contribution >= 0.6 is 11.6 Å². The number of rotatable bonds is 5. The minimum atomic E-state index is -3.73. The van der Waals surface area contributed by atoms with E-state index >= 15 is 0 Å². The fraction of sp³-hybridized carbons (Fsp3) is 0.455. The van der Waals surface area contributed by atoms with Crippen LogP contribution in [0.5, 0.6) is 0 Å². The van der Waals surface area contributed by atoms with Crippen LogP contribution in [0.15, 0.2) is 23.1 Å². The summed E-state index contributed by atoms with van der Waals surface area (Å²) in [7, 11) is -3.73. The zero-order chi connectivity index (χ0) is 13.9. The highest BCUT2D eigenvalue weighted by Gasteiger charge is 2.21. The van der Waals surface area contributed by atoms with E-state index in [1.54, 1.807) is 13.8 Å².